The van der Waals surface area contributed by atoms with Crippen LogP contribution < -0.4 is 4.74 Å². The third-order valence-electron chi connectivity index (χ3n) is 3.70. The summed E-state index contributed by atoms with van der Waals surface area (Å²) in [4.78, 5) is 19.9. The van der Waals surface area contributed by atoms with Crippen LogP contribution in [0.3, 0.4) is 0 Å². The molecule has 3 aromatic rings. The zero-order valence-electron chi connectivity index (χ0n) is 15.0. The Morgan fingerprint density at radius 1 is 1.21 bits per heavy atom. The largest absolute Gasteiger partial charge is 0.496 e. The molecular formula is C17H13F3N4O4S. The van der Waals surface area contributed by atoms with Crippen LogP contribution in [0.25, 0.3) is 11.4 Å². The normalized spacial score (nSPS) is 13.6. The maximum atomic E-state index is 12.7. The molecule has 8 nitrogen and oxygen atoms in total. The van der Waals surface area contributed by atoms with Crippen molar-refractivity contribution in [2.45, 2.75) is 11.1 Å². The van der Waals surface area contributed by atoms with Gasteiger partial charge in [0, 0.05) is 24.2 Å². The molecule has 2 aromatic heterocycles. The van der Waals surface area contributed by atoms with Crippen LogP contribution in [0.4, 0.5) is 13.2 Å². The number of halogens is 3. The van der Waals surface area contributed by atoms with Gasteiger partial charge in [-0.3, -0.25) is 9.78 Å². The molecule has 0 radical (unpaired) electrons. The van der Waals surface area contributed by atoms with Crippen molar-refractivity contribution in [2.75, 3.05) is 13.4 Å². The van der Waals surface area contributed by atoms with E-state index < -0.39 is 27.7 Å². The van der Waals surface area contributed by atoms with Gasteiger partial charge in [-0.25, -0.2) is 4.21 Å². The summed E-state index contributed by atoms with van der Waals surface area (Å²) < 4.78 is 63.8. The number of alkyl halides is 3. The maximum absolute atomic E-state index is 12.7. The minimum absolute atomic E-state index is 0.0205. The number of hydrogen-bond donors (Lipinski definition) is 0. The number of nitrogens with zero attached hydrogens (tertiary/aromatic N) is 4. The van der Waals surface area contributed by atoms with Crippen LogP contribution in [0.1, 0.15) is 16.2 Å². The van der Waals surface area contributed by atoms with Gasteiger partial charge in [-0.05, 0) is 30.3 Å². The molecule has 1 unspecified atom stereocenters. The number of amides is 1. The Balaban J connectivity index is 1.97. The van der Waals surface area contributed by atoms with Gasteiger partial charge in [0.1, 0.15) is 5.75 Å². The lowest BCUT2D eigenvalue weighted by Gasteiger charge is -2.07. The fraction of sp³-hybridized carbons (Fsp3) is 0.176. The van der Waals surface area contributed by atoms with Gasteiger partial charge in [0.2, 0.25) is 5.82 Å². The predicted molar refractivity (Wildman–Crippen MR) is 94.6 cm³/mol. The van der Waals surface area contributed by atoms with Crippen LogP contribution in [0, 0.1) is 0 Å². The fourth-order valence-corrected chi connectivity index (χ4v) is 3.47. The van der Waals surface area contributed by atoms with Gasteiger partial charge in [0.15, 0.2) is 0 Å². The van der Waals surface area contributed by atoms with Crippen molar-refractivity contribution in [3.8, 4) is 17.1 Å². The molecule has 0 aliphatic heterocycles. The molecule has 3 rings (SSSR count). The summed E-state index contributed by atoms with van der Waals surface area (Å²) in [6.45, 7) is 0. The standard InChI is InChI=1S/C17H13F3N4O4S/c1-27-13-9-10(15(25)24-29(2,26)11-5-7-21-8-6-11)3-4-12(13)14-22-16(28-23-14)17(18,19)20/h3-9H,1-2H3. The summed E-state index contributed by atoms with van der Waals surface area (Å²) >= 11 is 0. The molecule has 2 heterocycles. The first kappa shape index (κ1) is 20.5. The molecule has 0 saturated carbocycles. The minimum Gasteiger partial charge on any atom is -0.496 e. The van der Waals surface area contributed by atoms with E-state index in [0.717, 1.165) is 0 Å². The Morgan fingerprint density at radius 3 is 2.48 bits per heavy atom. The second-order valence-corrected chi connectivity index (χ2v) is 7.98. The molecule has 1 atom stereocenters. The Labute approximate surface area is 162 Å². The highest BCUT2D eigenvalue weighted by atomic mass is 32.2. The Hall–Kier alpha value is -3.28. The molecule has 0 fully saturated rings. The fourth-order valence-electron chi connectivity index (χ4n) is 2.31. The van der Waals surface area contributed by atoms with Crippen LogP contribution in [-0.4, -0.2) is 38.6 Å². The SMILES string of the molecule is COc1cc(C(=O)N=S(C)(=O)c2ccncc2)ccc1-c1noc(C(F)(F)F)n1. The van der Waals surface area contributed by atoms with Crippen molar-refractivity contribution in [1.29, 1.82) is 0 Å². The molecule has 0 aliphatic rings. The highest BCUT2D eigenvalue weighted by molar-refractivity contribution is 7.93. The third kappa shape index (κ3) is 4.42. The lowest BCUT2D eigenvalue weighted by atomic mass is 10.1. The molecule has 0 N–H and O–H groups in total. The van der Waals surface area contributed by atoms with Crippen LogP contribution in [0.2, 0.25) is 0 Å². The zero-order valence-corrected chi connectivity index (χ0v) is 15.8. The number of rotatable bonds is 4. The number of pyridine rings is 1. The van der Waals surface area contributed by atoms with Gasteiger partial charge in [0.05, 0.1) is 27.3 Å². The van der Waals surface area contributed by atoms with Crippen LogP contribution in [0.5, 0.6) is 5.75 Å². The summed E-state index contributed by atoms with van der Waals surface area (Å²) in [6, 6.07) is 6.79. The van der Waals surface area contributed by atoms with Gasteiger partial charge in [-0.2, -0.15) is 22.5 Å². The van der Waals surface area contributed by atoms with E-state index in [4.69, 9.17) is 4.74 Å². The second kappa shape index (κ2) is 7.62. The number of ether oxygens (including phenoxy) is 1. The topological polar surface area (TPSA) is 108 Å². The Kier molecular flexibility index (Phi) is 5.38. The first-order valence-corrected chi connectivity index (χ1v) is 9.80. The molecule has 1 aromatic carbocycles. The average molecular weight is 426 g/mol. The van der Waals surface area contributed by atoms with E-state index >= 15 is 0 Å². The Bertz CT molecular complexity index is 1170. The molecule has 0 saturated heterocycles. The third-order valence-corrected chi connectivity index (χ3v) is 5.36. The molecule has 0 spiro atoms. The van der Waals surface area contributed by atoms with E-state index in [2.05, 4.69) is 24.0 Å². The quantitative estimate of drug-likeness (QED) is 0.629. The van der Waals surface area contributed by atoms with Gasteiger partial charge in [0.25, 0.3) is 5.91 Å². The molecule has 0 bridgehead atoms. The minimum atomic E-state index is -4.79. The van der Waals surface area contributed by atoms with E-state index in [9.17, 15) is 22.2 Å². The predicted octanol–water partition coefficient (Wildman–Crippen LogP) is 3.46. The van der Waals surface area contributed by atoms with Crippen LogP contribution in [-0.2, 0) is 15.9 Å². The highest BCUT2D eigenvalue weighted by Gasteiger charge is 2.38. The van der Waals surface area contributed by atoms with Gasteiger partial charge in [-0.1, -0.05) is 5.16 Å². The van der Waals surface area contributed by atoms with Gasteiger partial charge < -0.3 is 9.26 Å². The van der Waals surface area contributed by atoms with Crippen LogP contribution in [0.15, 0.2) is 56.5 Å². The molecule has 152 valence electrons. The first-order chi connectivity index (χ1) is 13.6. The monoisotopic (exact) mass is 426 g/mol. The second-order valence-electron chi connectivity index (χ2n) is 5.72. The van der Waals surface area contributed by atoms with Gasteiger partial charge >= 0.3 is 12.1 Å². The summed E-state index contributed by atoms with van der Waals surface area (Å²) in [5.74, 6) is -2.63. The van der Waals surface area contributed by atoms with Crippen molar-refractivity contribution >= 4 is 15.6 Å². The number of hydrogen-bond acceptors (Lipinski definition) is 7. The molecular weight excluding hydrogens is 413 g/mol. The van der Waals surface area contributed by atoms with E-state index in [1.165, 1.54) is 56.1 Å². The van der Waals surface area contributed by atoms with Crippen molar-refractivity contribution in [2.24, 2.45) is 4.36 Å². The lowest BCUT2D eigenvalue weighted by Crippen LogP contribution is -2.05. The summed E-state index contributed by atoms with van der Waals surface area (Å²) in [5.41, 5.74) is 0.100. The molecule has 12 heteroatoms. The average Bonchev–Trinajstić information content (AvgIpc) is 3.18. The summed E-state index contributed by atoms with van der Waals surface area (Å²) in [7, 11) is -1.76. The van der Waals surface area contributed by atoms with Gasteiger partial charge in [-0.15, -0.1) is 0 Å². The Morgan fingerprint density at radius 2 is 1.90 bits per heavy atom. The van der Waals surface area contributed by atoms with Crippen molar-refractivity contribution in [1.82, 2.24) is 15.1 Å². The summed E-state index contributed by atoms with van der Waals surface area (Å²) in [5, 5.41) is 3.29. The van der Waals surface area contributed by atoms with Crippen molar-refractivity contribution in [3.63, 3.8) is 0 Å². The highest BCUT2D eigenvalue weighted by Crippen LogP contribution is 2.33. The molecule has 1 amide bonds. The van der Waals surface area contributed by atoms with E-state index in [1.807, 2.05) is 0 Å². The number of carbonyl (C=O) groups is 1. The molecule has 29 heavy (non-hydrogen) atoms. The smallest absolute Gasteiger partial charge is 0.471 e. The van der Waals surface area contributed by atoms with Crippen molar-refractivity contribution < 1.29 is 31.4 Å². The maximum Gasteiger partial charge on any atom is 0.471 e. The van der Waals surface area contributed by atoms with Crippen molar-refractivity contribution in [3.05, 3.63) is 54.2 Å². The first-order valence-electron chi connectivity index (χ1n) is 7.87. The number of methoxy groups -OCH3 is 1. The number of aromatic nitrogens is 3. The lowest BCUT2D eigenvalue weighted by molar-refractivity contribution is -0.159. The number of carbonyl (C=O) groups excluding carboxylic acids is 1. The van der Waals surface area contributed by atoms with E-state index in [1.54, 1.807) is 0 Å². The zero-order chi connectivity index (χ0) is 21.2. The number of benzene rings is 1. The van der Waals surface area contributed by atoms with E-state index in [-0.39, 0.29) is 22.7 Å². The summed E-state index contributed by atoms with van der Waals surface area (Å²) in [6.07, 6.45) is -0.627. The van der Waals surface area contributed by atoms with E-state index in [0.29, 0.717) is 4.90 Å². The van der Waals surface area contributed by atoms with Crippen LogP contribution >= 0.6 is 0 Å². The molecule has 0 aliphatic carbocycles.